The molecule has 0 bridgehead atoms. The van der Waals surface area contributed by atoms with Crippen molar-refractivity contribution in [2.24, 2.45) is 0 Å². The summed E-state index contributed by atoms with van der Waals surface area (Å²) >= 11 is 0. The van der Waals surface area contributed by atoms with Crippen molar-refractivity contribution in [1.29, 1.82) is 0 Å². The lowest BCUT2D eigenvalue weighted by molar-refractivity contribution is 0.0421. The number of hydrogen-bond donors (Lipinski definition) is 1. The molecule has 1 aromatic rings. The Morgan fingerprint density at radius 1 is 1.62 bits per heavy atom. The van der Waals surface area contributed by atoms with Gasteiger partial charge >= 0.3 is 0 Å². The summed E-state index contributed by atoms with van der Waals surface area (Å²) in [6.45, 7) is 5.72. The Balaban J connectivity index is 2.07. The number of morpholine rings is 1. The van der Waals surface area contributed by atoms with Crippen molar-refractivity contribution in [2.75, 3.05) is 38.2 Å². The van der Waals surface area contributed by atoms with Gasteiger partial charge in [-0.15, -0.1) is 0 Å². The van der Waals surface area contributed by atoms with Gasteiger partial charge in [0.25, 0.3) is 0 Å². The van der Waals surface area contributed by atoms with E-state index in [4.69, 9.17) is 4.74 Å². The largest absolute Gasteiger partial charge is 0.373 e. The van der Waals surface area contributed by atoms with Crippen LogP contribution in [0.5, 0.6) is 0 Å². The predicted molar refractivity (Wildman–Crippen MR) is 64.9 cm³/mol. The van der Waals surface area contributed by atoms with Crippen LogP contribution in [0.1, 0.15) is 5.56 Å². The minimum Gasteiger partial charge on any atom is -0.373 e. The van der Waals surface area contributed by atoms with Crippen LogP contribution in [-0.4, -0.2) is 44.4 Å². The maximum absolute atomic E-state index is 5.69. The van der Waals surface area contributed by atoms with Gasteiger partial charge < -0.3 is 15.0 Å². The number of aromatic nitrogens is 1. The molecule has 1 atom stereocenters. The third kappa shape index (κ3) is 2.51. The molecule has 1 unspecified atom stereocenters. The minimum atomic E-state index is 0.284. The quantitative estimate of drug-likeness (QED) is 0.820. The first-order valence-corrected chi connectivity index (χ1v) is 5.73. The fourth-order valence-corrected chi connectivity index (χ4v) is 2.11. The van der Waals surface area contributed by atoms with Crippen LogP contribution in [-0.2, 0) is 4.74 Å². The molecule has 1 fully saturated rings. The molecule has 1 saturated heterocycles. The highest BCUT2D eigenvalue weighted by atomic mass is 16.5. The second-order valence-electron chi connectivity index (χ2n) is 4.16. The molecular weight excluding hydrogens is 202 g/mol. The van der Waals surface area contributed by atoms with Crippen LogP contribution >= 0.6 is 0 Å². The number of anilines is 1. The Kier molecular flexibility index (Phi) is 3.74. The molecule has 0 amide bonds. The first kappa shape index (κ1) is 11.4. The highest BCUT2D eigenvalue weighted by Crippen LogP contribution is 2.20. The van der Waals surface area contributed by atoms with Gasteiger partial charge in [-0.1, -0.05) is 0 Å². The average Bonchev–Trinajstić information content (AvgIpc) is 2.30. The normalized spacial score (nSPS) is 21.1. The summed E-state index contributed by atoms with van der Waals surface area (Å²) in [6, 6.07) is 2.08. The van der Waals surface area contributed by atoms with E-state index in [-0.39, 0.29) is 6.10 Å². The summed E-state index contributed by atoms with van der Waals surface area (Å²) in [5.41, 5.74) is 2.51. The molecule has 1 aliphatic rings. The van der Waals surface area contributed by atoms with Crippen LogP contribution in [0, 0.1) is 6.92 Å². The van der Waals surface area contributed by atoms with E-state index in [1.165, 1.54) is 11.3 Å². The second kappa shape index (κ2) is 5.27. The molecule has 0 spiro atoms. The number of pyridine rings is 1. The Hall–Kier alpha value is -1.13. The third-order valence-corrected chi connectivity index (χ3v) is 2.90. The summed E-state index contributed by atoms with van der Waals surface area (Å²) in [6.07, 6.45) is 4.05. The zero-order valence-corrected chi connectivity index (χ0v) is 9.94. The lowest BCUT2D eigenvalue weighted by Crippen LogP contribution is -2.46. The Bertz CT molecular complexity index is 341. The Labute approximate surface area is 96.6 Å². The van der Waals surface area contributed by atoms with Crippen LogP contribution in [0.2, 0.25) is 0 Å². The third-order valence-electron chi connectivity index (χ3n) is 2.90. The number of hydrogen-bond acceptors (Lipinski definition) is 4. The van der Waals surface area contributed by atoms with Crippen LogP contribution in [0.25, 0.3) is 0 Å². The van der Waals surface area contributed by atoms with E-state index >= 15 is 0 Å². The van der Waals surface area contributed by atoms with Gasteiger partial charge in [0.05, 0.1) is 12.7 Å². The van der Waals surface area contributed by atoms with Crippen molar-refractivity contribution in [3.63, 3.8) is 0 Å². The fraction of sp³-hybridized carbons (Fsp3) is 0.583. The Morgan fingerprint density at radius 2 is 2.50 bits per heavy atom. The van der Waals surface area contributed by atoms with Crippen molar-refractivity contribution in [3.8, 4) is 0 Å². The van der Waals surface area contributed by atoms with E-state index in [1.54, 1.807) is 0 Å². The van der Waals surface area contributed by atoms with Crippen LogP contribution in [0.15, 0.2) is 18.5 Å². The zero-order chi connectivity index (χ0) is 11.4. The molecule has 16 heavy (non-hydrogen) atoms. The van der Waals surface area contributed by atoms with Gasteiger partial charge in [0, 0.05) is 37.7 Å². The summed E-state index contributed by atoms with van der Waals surface area (Å²) in [7, 11) is 1.96. The van der Waals surface area contributed by atoms with E-state index < -0.39 is 0 Å². The molecule has 1 N–H and O–H groups in total. The molecule has 0 saturated carbocycles. The summed E-state index contributed by atoms with van der Waals surface area (Å²) in [4.78, 5) is 6.50. The molecule has 1 aromatic heterocycles. The van der Waals surface area contributed by atoms with Crippen molar-refractivity contribution in [3.05, 3.63) is 24.0 Å². The Morgan fingerprint density at radius 3 is 3.25 bits per heavy atom. The molecule has 0 aliphatic carbocycles. The van der Waals surface area contributed by atoms with E-state index in [0.29, 0.717) is 0 Å². The number of ether oxygens (including phenoxy) is 1. The maximum Gasteiger partial charge on any atom is 0.0874 e. The van der Waals surface area contributed by atoms with Gasteiger partial charge in [-0.05, 0) is 25.6 Å². The summed E-state index contributed by atoms with van der Waals surface area (Å²) in [5.74, 6) is 0. The van der Waals surface area contributed by atoms with Gasteiger partial charge in [-0.25, -0.2) is 0 Å². The first-order chi connectivity index (χ1) is 7.81. The zero-order valence-electron chi connectivity index (χ0n) is 9.94. The first-order valence-electron chi connectivity index (χ1n) is 5.73. The number of rotatable bonds is 3. The molecule has 0 aromatic carbocycles. The topological polar surface area (TPSA) is 37.4 Å². The van der Waals surface area contributed by atoms with Crippen molar-refractivity contribution >= 4 is 5.69 Å². The van der Waals surface area contributed by atoms with Gasteiger partial charge in [-0.3, -0.25) is 4.98 Å². The lowest BCUT2D eigenvalue weighted by atomic mass is 10.2. The van der Waals surface area contributed by atoms with E-state index in [9.17, 15) is 0 Å². The molecule has 4 nitrogen and oxygen atoms in total. The molecule has 1 aliphatic heterocycles. The van der Waals surface area contributed by atoms with Gasteiger partial charge in [0.15, 0.2) is 0 Å². The van der Waals surface area contributed by atoms with E-state index in [0.717, 1.165) is 26.2 Å². The summed E-state index contributed by atoms with van der Waals surface area (Å²) < 4.78 is 5.69. The smallest absolute Gasteiger partial charge is 0.0874 e. The maximum atomic E-state index is 5.69. The van der Waals surface area contributed by atoms with Gasteiger partial charge in [-0.2, -0.15) is 0 Å². The lowest BCUT2D eigenvalue weighted by Gasteiger charge is -2.35. The highest BCUT2D eigenvalue weighted by Gasteiger charge is 2.20. The SMILES string of the molecule is CNCC1CN(c2ccncc2C)CCO1. The number of nitrogens with zero attached hydrogens (tertiary/aromatic N) is 2. The molecule has 0 radical (unpaired) electrons. The van der Waals surface area contributed by atoms with Crippen molar-refractivity contribution in [2.45, 2.75) is 13.0 Å². The monoisotopic (exact) mass is 221 g/mol. The molecule has 88 valence electrons. The van der Waals surface area contributed by atoms with Gasteiger partial charge in [0.1, 0.15) is 0 Å². The molecule has 2 heterocycles. The molecule has 4 heteroatoms. The van der Waals surface area contributed by atoms with Crippen LogP contribution in [0.4, 0.5) is 5.69 Å². The second-order valence-corrected chi connectivity index (χ2v) is 4.16. The predicted octanol–water partition coefficient (Wildman–Crippen LogP) is 0.815. The van der Waals surface area contributed by atoms with Crippen LogP contribution < -0.4 is 10.2 Å². The standard InChI is InChI=1S/C12H19N3O/c1-10-7-14-4-3-12(10)15-5-6-16-11(9-15)8-13-2/h3-4,7,11,13H,5-6,8-9H2,1-2H3. The average molecular weight is 221 g/mol. The van der Waals surface area contributed by atoms with Crippen molar-refractivity contribution < 1.29 is 4.74 Å². The number of likely N-dealkylation sites (N-methyl/N-ethyl adjacent to an activating group) is 1. The van der Waals surface area contributed by atoms with E-state index in [2.05, 4.69) is 28.2 Å². The fourth-order valence-electron chi connectivity index (χ4n) is 2.11. The van der Waals surface area contributed by atoms with Crippen molar-refractivity contribution in [1.82, 2.24) is 10.3 Å². The van der Waals surface area contributed by atoms with Crippen LogP contribution in [0.3, 0.4) is 0 Å². The molecule has 2 rings (SSSR count). The number of nitrogens with one attached hydrogen (secondary N) is 1. The summed E-state index contributed by atoms with van der Waals surface area (Å²) in [5, 5.41) is 3.16. The number of aryl methyl sites for hydroxylation is 1. The van der Waals surface area contributed by atoms with Gasteiger partial charge in [0.2, 0.25) is 0 Å². The van der Waals surface area contributed by atoms with E-state index in [1.807, 2.05) is 19.4 Å². The highest BCUT2D eigenvalue weighted by molar-refractivity contribution is 5.51. The minimum absolute atomic E-state index is 0.284. The molecular formula is C12H19N3O.